The molecule has 2 N–H and O–H groups in total. The van der Waals surface area contributed by atoms with Crippen LogP contribution in [0.2, 0.25) is 0 Å². The molecule has 0 spiro atoms. The van der Waals surface area contributed by atoms with Gasteiger partial charge in [-0.3, -0.25) is 0 Å². The van der Waals surface area contributed by atoms with Crippen LogP contribution in [0.25, 0.3) is 0 Å². The molecule has 0 aliphatic carbocycles. The summed E-state index contributed by atoms with van der Waals surface area (Å²) in [5, 5.41) is -0.199. The van der Waals surface area contributed by atoms with Crippen molar-refractivity contribution in [2.75, 3.05) is 0 Å². The summed E-state index contributed by atoms with van der Waals surface area (Å²) < 4.78 is 24.8. The number of nitrogens with zero attached hydrogens (tertiary/aromatic N) is 4. The monoisotopic (exact) mass is 255 g/mol. The summed E-state index contributed by atoms with van der Waals surface area (Å²) in [6.45, 7) is 3.79. The van der Waals surface area contributed by atoms with E-state index in [1.807, 2.05) is 13.8 Å². The molecule has 1 aromatic heterocycles. The first kappa shape index (κ1) is 11.9. The van der Waals surface area contributed by atoms with Gasteiger partial charge in [-0.05, 0) is 6.42 Å². The van der Waals surface area contributed by atoms with E-state index in [9.17, 15) is 8.42 Å². The number of nitrogens with two attached hydrogens (primary N) is 1. The lowest BCUT2D eigenvalue weighted by Crippen LogP contribution is -2.47. The summed E-state index contributed by atoms with van der Waals surface area (Å²) in [6.07, 6.45) is 3.43. The molecule has 2 heterocycles. The lowest BCUT2D eigenvalue weighted by Gasteiger charge is -2.27. The Hall–Kier alpha value is -1.54. The van der Waals surface area contributed by atoms with Crippen LogP contribution in [0.5, 0.6) is 0 Å². The van der Waals surface area contributed by atoms with Crippen LogP contribution in [-0.4, -0.2) is 28.6 Å². The first-order valence-electron chi connectivity index (χ1n) is 5.18. The smallest absolute Gasteiger partial charge is 0.238 e. The molecular formula is C9H13N5O2S. The van der Waals surface area contributed by atoms with Crippen molar-refractivity contribution in [2.24, 2.45) is 16.8 Å². The third kappa shape index (κ3) is 1.79. The SMILES string of the molecule is CCC(C)C1=Nc2nccnc2S(=O)(=O)N1N. The summed E-state index contributed by atoms with van der Waals surface area (Å²) in [5.41, 5.74) is 0. The van der Waals surface area contributed by atoms with Crippen LogP contribution in [0.3, 0.4) is 0 Å². The summed E-state index contributed by atoms with van der Waals surface area (Å²) in [4.78, 5) is 11.8. The fourth-order valence-electron chi connectivity index (χ4n) is 1.46. The number of hydrogen-bond acceptors (Lipinski definition) is 6. The number of aliphatic imine (C=N–C) groups is 1. The van der Waals surface area contributed by atoms with Crippen molar-refractivity contribution in [3.8, 4) is 0 Å². The van der Waals surface area contributed by atoms with Gasteiger partial charge in [0.05, 0.1) is 0 Å². The first-order valence-corrected chi connectivity index (χ1v) is 6.62. The Morgan fingerprint density at radius 3 is 2.71 bits per heavy atom. The van der Waals surface area contributed by atoms with Gasteiger partial charge in [0.25, 0.3) is 10.0 Å². The van der Waals surface area contributed by atoms with Crippen LogP contribution in [0, 0.1) is 5.92 Å². The molecule has 0 radical (unpaired) electrons. The number of hydrogen-bond donors (Lipinski definition) is 1. The summed E-state index contributed by atoms with van der Waals surface area (Å²) in [6, 6.07) is 0. The van der Waals surface area contributed by atoms with E-state index in [4.69, 9.17) is 5.84 Å². The Balaban J connectivity index is 2.65. The largest absolute Gasteiger partial charge is 0.300 e. The van der Waals surface area contributed by atoms with Crippen LogP contribution in [0.4, 0.5) is 5.82 Å². The second kappa shape index (κ2) is 4.04. The number of sulfonamides is 1. The number of aromatic nitrogens is 2. The minimum Gasteiger partial charge on any atom is -0.238 e. The van der Waals surface area contributed by atoms with Crippen LogP contribution in [0.1, 0.15) is 20.3 Å². The van der Waals surface area contributed by atoms with E-state index in [2.05, 4.69) is 15.0 Å². The third-order valence-corrected chi connectivity index (χ3v) is 4.13. The van der Waals surface area contributed by atoms with Gasteiger partial charge in [-0.25, -0.2) is 20.8 Å². The van der Waals surface area contributed by atoms with E-state index in [0.29, 0.717) is 10.2 Å². The van der Waals surface area contributed by atoms with Crippen molar-refractivity contribution < 1.29 is 8.42 Å². The van der Waals surface area contributed by atoms with E-state index in [1.165, 1.54) is 12.4 Å². The first-order chi connectivity index (χ1) is 7.98. The Morgan fingerprint density at radius 1 is 1.41 bits per heavy atom. The van der Waals surface area contributed by atoms with E-state index < -0.39 is 10.0 Å². The molecule has 0 saturated carbocycles. The molecule has 17 heavy (non-hydrogen) atoms. The van der Waals surface area contributed by atoms with Crippen molar-refractivity contribution in [3.63, 3.8) is 0 Å². The maximum atomic E-state index is 12.1. The molecule has 1 aliphatic rings. The molecular weight excluding hydrogens is 242 g/mol. The highest BCUT2D eigenvalue weighted by Gasteiger charge is 2.35. The van der Waals surface area contributed by atoms with E-state index in [-0.39, 0.29) is 16.8 Å². The van der Waals surface area contributed by atoms with Gasteiger partial charge in [0.1, 0.15) is 5.84 Å². The molecule has 1 aliphatic heterocycles. The standard InChI is InChI=1S/C9H13N5O2S/c1-3-6(2)8-13-7-9(12-5-4-11-7)17(15,16)14(8)10/h4-6H,3,10H2,1-2H3. The van der Waals surface area contributed by atoms with Crippen LogP contribution < -0.4 is 5.84 Å². The highest BCUT2D eigenvalue weighted by atomic mass is 32.2. The molecule has 7 nitrogen and oxygen atoms in total. The molecule has 92 valence electrons. The van der Waals surface area contributed by atoms with Gasteiger partial charge in [-0.15, -0.1) is 0 Å². The Bertz CT molecular complexity index is 569. The summed E-state index contributed by atoms with van der Waals surface area (Å²) >= 11 is 0. The maximum Gasteiger partial charge on any atom is 0.300 e. The molecule has 0 aromatic carbocycles. The minimum atomic E-state index is -3.82. The minimum absolute atomic E-state index is 0.0649. The normalized spacial score (nSPS) is 19.5. The van der Waals surface area contributed by atoms with Crippen LogP contribution in [-0.2, 0) is 10.0 Å². The van der Waals surface area contributed by atoms with Gasteiger partial charge in [-0.1, -0.05) is 13.8 Å². The van der Waals surface area contributed by atoms with Crippen molar-refractivity contribution in [1.82, 2.24) is 14.4 Å². The van der Waals surface area contributed by atoms with Crippen molar-refractivity contribution >= 4 is 21.7 Å². The number of hydrazine groups is 1. The second-order valence-corrected chi connectivity index (χ2v) is 5.50. The number of rotatable bonds is 2. The molecule has 2 rings (SSSR count). The number of amidine groups is 1. The van der Waals surface area contributed by atoms with Crippen molar-refractivity contribution in [3.05, 3.63) is 12.4 Å². The Labute approximate surface area is 99.4 Å². The lowest BCUT2D eigenvalue weighted by atomic mass is 10.1. The van der Waals surface area contributed by atoms with Gasteiger partial charge in [-0.2, -0.15) is 12.8 Å². The highest BCUT2D eigenvalue weighted by molar-refractivity contribution is 7.89. The maximum absolute atomic E-state index is 12.1. The topological polar surface area (TPSA) is 102 Å². The fourth-order valence-corrected chi connectivity index (χ4v) is 2.64. The molecule has 8 heteroatoms. The lowest BCUT2D eigenvalue weighted by molar-refractivity contribution is 0.504. The van der Waals surface area contributed by atoms with Gasteiger partial charge < -0.3 is 0 Å². The number of fused-ring (bicyclic) bond motifs is 1. The van der Waals surface area contributed by atoms with Crippen molar-refractivity contribution in [1.29, 1.82) is 0 Å². The Kier molecular flexibility index (Phi) is 2.84. The third-order valence-electron chi connectivity index (χ3n) is 2.65. The van der Waals surface area contributed by atoms with Crippen LogP contribution >= 0.6 is 0 Å². The average Bonchev–Trinajstić information content (AvgIpc) is 2.33. The summed E-state index contributed by atoms with van der Waals surface area (Å²) in [7, 11) is -3.82. The quantitative estimate of drug-likeness (QED) is 0.772. The second-order valence-electron chi connectivity index (χ2n) is 3.77. The molecule has 1 atom stereocenters. The molecule has 0 saturated heterocycles. The molecule has 1 unspecified atom stereocenters. The van der Waals surface area contributed by atoms with Gasteiger partial charge in [0.15, 0.2) is 5.82 Å². The van der Waals surface area contributed by atoms with Gasteiger partial charge in [0, 0.05) is 18.3 Å². The molecule has 0 fully saturated rings. The van der Waals surface area contributed by atoms with Crippen LogP contribution in [0.15, 0.2) is 22.4 Å². The molecule has 0 bridgehead atoms. The average molecular weight is 255 g/mol. The summed E-state index contributed by atoms with van der Waals surface area (Å²) in [5.74, 6) is 5.92. The predicted molar refractivity (Wildman–Crippen MR) is 61.8 cm³/mol. The molecule has 1 aromatic rings. The van der Waals surface area contributed by atoms with E-state index in [1.54, 1.807) is 0 Å². The zero-order valence-electron chi connectivity index (χ0n) is 9.53. The zero-order valence-corrected chi connectivity index (χ0v) is 10.3. The van der Waals surface area contributed by atoms with Gasteiger partial charge in [0.2, 0.25) is 5.03 Å². The van der Waals surface area contributed by atoms with E-state index in [0.717, 1.165) is 6.42 Å². The zero-order chi connectivity index (χ0) is 12.6. The fraction of sp³-hybridized carbons (Fsp3) is 0.444. The predicted octanol–water partition coefficient (Wildman–Crippen LogP) is 0.431. The molecule has 0 amide bonds. The van der Waals surface area contributed by atoms with Crippen molar-refractivity contribution in [2.45, 2.75) is 25.3 Å². The highest BCUT2D eigenvalue weighted by Crippen LogP contribution is 2.28. The Morgan fingerprint density at radius 2 is 2.06 bits per heavy atom. The van der Waals surface area contributed by atoms with E-state index >= 15 is 0 Å². The van der Waals surface area contributed by atoms with Gasteiger partial charge >= 0.3 is 0 Å².